The minimum atomic E-state index is 0.671. The van der Waals surface area contributed by atoms with Gasteiger partial charge < -0.3 is 5.32 Å². The molecule has 0 spiro atoms. The first-order chi connectivity index (χ1) is 7.93. The maximum absolute atomic E-state index is 4.37. The largest absolute Gasteiger partial charge is 0.369 e. The Bertz CT molecular complexity index is 353. The highest BCUT2D eigenvalue weighted by Gasteiger charge is 2.17. The van der Waals surface area contributed by atoms with Crippen LogP contribution in [-0.4, -0.2) is 11.5 Å². The van der Waals surface area contributed by atoms with Gasteiger partial charge in [0.05, 0.1) is 4.47 Å². The highest BCUT2D eigenvalue weighted by atomic mass is 79.9. The van der Waals surface area contributed by atoms with E-state index in [0.717, 1.165) is 16.8 Å². The van der Waals surface area contributed by atoms with Crippen molar-refractivity contribution >= 4 is 21.7 Å². The number of anilines is 1. The predicted molar refractivity (Wildman–Crippen MR) is 78.3 cm³/mol. The van der Waals surface area contributed by atoms with Gasteiger partial charge in [0.25, 0.3) is 0 Å². The lowest BCUT2D eigenvalue weighted by Crippen LogP contribution is -2.25. The van der Waals surface area contributed by atoms with Gasteiger partial charge in [0.1, 0.15) is 5.82 Å². The molecule has 0 unspecified atom stereocenters. The molecular weight excluding hydrogens is 276 g/mol. The van der Waals surface area contributed by atoms with Gasteiger partial charge in [0.2, 0.25) is 0 Å². The van der Waals surface area contributed by atoms with Crippen molar-refractivity contribution in [1.29, 1.82) is 0 Å². The second kappa shape index (κ2) is 6.39. The highest BCUT2D eigenvalue weighted by Crippen LogP contribution is 2.25. The fourth-order valence-electron chi connectivity index (χ4n) is 2.12. The molecule has 0 amide bonds. The normalized spacial score (nSPS) is 11.6. The summed E-state index contributed by atoms with van der Waals surface area (Å²) >= 11 is 3.58. The van der Waals surface area contributed by atoms with Crippen LogP contribution in [0.3, 0.4) is 0 Å². The van der Waals surface area contributed by atoms with Crippen LogP contribution >= 0.6 is 15.9 Å². The number of aromatic nitrogens is 1. The van der Waals surface area contributed by atoms with Gasteiger partial charge in [-0.3, -0.25) is 0 Å². The zero-order valence-electron chi connectivity index (χ0n) is 11.4. The Morgan fingerprint density at radius 3 is 2.35 bits per heavy atom. The van der Waals surface area contributed by atoms with Gasteiger partial charge in [-0.1, -0.05) is 27.7 Å². The van der Waals surface area contributed by atoms with E-state index in [0.29, 0.717) is 17.8 Å². The fraction of sp³-hybridized carbons (Fsp3) is 0.643. The van der Waals surface area contributed by atoms with E-state index in [9.17, 15) is 0 Å². The summed E-state index contributed by atoms with van der Waals surface area (Å²) in [5.41, 5.74) is 1.22. The first-order valence-electron chi connectivity index (χ1n) is 6.28. The molecule has 0 aliphatic carbocycles. The van der Waals surface area contributed by atoms with E-state index in [1.54, 1.807) is 0 Å². The zero-order valence-corrected chi connectivity index (χ0v) is 13.0. The number of rotatable bonds is 5. The van der Waals surface area contributed by atoms with Crippen LogP contribution in [0.2, 0.25) is 0 Å². The molecule has 0 aliphatic rings. The van der Waals surface area contributed by atoms with E-state index >= 15 is 0 Å². The predicted octanol–water partition coefficient (Wildman–Crippen LogP) is 4.49. The van der Waals surface area contributed by atoms with Crippen molar-refractivity contribution in [2.75, 3.05) is 11.9 Å². The monoisotopic (exact) mass is 298 g/mol. The maximum atomic E-state index is 4.37. The average molecular weight is 299 g/mol. The highest BCUT2D eigenvalue weighted by molar-refractivity contribution is 9.10. The Morgan fingerprint density at radius 2 is 1.82 bits per heavy atom. The molecule has 0 atom stereocenters. The molecule has 0 saturated carbocycles. The number of hydrogen-bond donors (Lipinski definition) is 1. The van der Waals surface area contributed by atoms with Gasteiger partial charge in [-0.05, 0) is 52.2 Å². The van der Waals surface area contributed by atoms with Crippen LogP contribution in [0.15, 0.2) is 16.7 Å². The summed E-state index contributed by atoms with van der Waals surface area (Å²) in [6.07, 6.45) is 1.85. The summed E-state index contributed by atoms with van der Waals surface area (Å²) in [5.74, 6) is 3.00. The van der Waals surface area contributed by atoms with Crippen molar-refractivity contribution in [3.63, 3.8) is 0 Å². The molecule has 96 valence electrons. The topological polar surface area (TPSA) is 24.9 Å². The SMILES string of the molecule is Cc1ccnc(NCC(C(C)C)C(C)C)c1Br. The van der Waals surface area contributed by atoms with Crippen molar-refractivity contribution in [2.24, 2.45) is 17.8 Å². The van der Waals surface area contributed by atoms with Crippen LogP contribution in [0.25, 0.3) is 0 Å². The Kier molecular flexibility index (Phi) is 5.44. The molecule has 17 heavy (non-hydrogen) atoms. The van der Waals surface area contributed by atoms with Crippen LogP contribution in [0.1, 0.15) is 33.3 Å². The molecular formula is C14H23BrN2. The summed E-state index contributed by atoms with van der Waals surface area (Å²) in [6.45, 7) is 12.2. The number of aryl methyl sites for hydroxylation is 1. The number of nitrogens with one attached hydrogen (secondary N) is 1. The Morgan fingerprint density at radius 1 is 1.24 bits per heavy atom. The molecule has 0 bridgehead atoms. The minimum absolute atomic E-state index is 0.671. The summed E-state index contributed by atoms with van der Waals surface area (Å²) in [7, 11) is 0. The standard InChI is InChI=1S/C14H23BrN2/c1-9(2)12(10(3)4)8-17-14-13(15)11(5)6-7-16-14/h6-7,9-10,12H,8H2,1-5H3,(H,16,17). The second-order valence-corrected chi connectivity index (χ2v) is 6.12. The third kappa shape index (κ3) is 3.98. The smallest absolute Gasteiger partial charge is 0.140 e. The lowest BCUT2D eigenvalue weighted by molar-refractivity contribution is 0.304. The molecule has 0 aromatic carbocycles. The van der Waals surface area contributed by atoms with Crippen LogP contribution in [0, 0.1) is 24.7 Å². The van der Waals surface area contributed by atoms with Crippen molar-refractivity contribution in [2.45, 2.75) is 34.6 Å². The molecule has 1 heterocycles. The quantitative estimate of drug-likeness (QED) is 0.866. The Balaban J connectivity index is 2.69. The van der Waals surface area contributed by atoms with Crippen LogP contribution in [0.5, 0.6) is 0 Å². The molecule has 1 aromatic heterocycles. The molecule has 0 saturated heterocycles. The molecule has 0 fully saturated rings. The van der Waals surface area contributed by atoms with Crippen molar-refractivity contribution in [3.8, 4) is 0 Å². The summed E-state index contributed by atoms with van der Waals surface area (Å²) in [6, 6.07) is 2.01. The molecule has 3 heteroatoms. The first kappa shape index (κ1) is 14.5. The summed E-state index contributed by atoms with van der Waals surface area (Å²) in [5, 5.41) is 3.46. The van der Waals surface area contributed by atoms with Crippen LogP contribution in [0.4, 0.5) is 5.82 Å². The van der Waals surface area contributed by atoms with Crippen molar-refractivity contribution in [1.82, 2.24) is 4.98 Å². The van der Waals surface area contributed by atoms with Gasteiger partial charge in [-0.25, -0.2) is 4.98 Å². The van der Waals surface area contributed by atoms with Gasteiger partial charge in [0.15, 0.2) is 0 Å². The lowest BCUT2D eigenvalue weighted by Gasteiger charge is -2.25. The van der Waals surface area contributed by atoms with Crippen LogP contribution in [-0.2, 0) is 0 Å². The molecule has 1 aromatic rings. The molecule has 2 nitrogen and oxygen atoms in total. The van der Waals surface area contributed by atoms with E-state index in [1.807, 2.05) is 12.3 Å². The van der Waals surface area contributed by atoms with Crippen molar-refractivity contribution in [3.05, 3.63) is 22.3 Å². The van der Waals surface area contributed by atoms with Gasteiger partial charge in [0, 0.05) is 12.7 Å². The van der Waals surface area contributed by atoms with E-state index in [-0.39, 0.29) is 0 Å². The third-order valence-corrected chi connectivity index (χ3v) is 4.30. The van der Waals surface area contributed by atoms with Crippen molar-refractivity contribution < 1.29 is 0 Å². The van der Waals surface area contributed by atoms with E-state index in [1.165, 1.54) is 5.56 Å². The van der Waals surface area contributed by atoms with E-state index < -0.39 is 0 Å². The van der Waals surface area contributed by atoms with Crippen LogP contribution < -0.4 is 5.32 Å². The maximum Gasteiger partial charge on any atom is 0.140 e. The number of halogens is 1. The summed E-state index contributed by atoms with van der Waals surface area (Å²) < 4.78 is 1.08. The molecule has 1 rings (SSSR count). The number of nitrogens with zero attached hydrogens (tertiary/aromatic N) is 1. The van der Waals surface area contributed by atoms with Gasteiger partial charge >= 0.3 is 0 Å². The molecule has 0 aliphatic heterocycles. The minimum Gasteiger partial charge on any atom is -0.369 e. The number of pyridine rings is 1. The first-order valence-corrected chi connectivity index (χ1v) is 7.07. The number of hydrogen-bond acceptors (Lipinski definition) is 2. The van der Waals surface area contributed by atoms with Gasteiger partial charge in [-0.2, -0.15) is 0 Å². The zero-order chi connectivity index (χ0) is 13.0. The average Bonchev–Trinajstić information content (AvgIpc) is 2.23. The Hall–Kier alpha value is -0.570. The van der Waals surface area contributed by atoms with E-state index in [2.05, 4.69) is 60.8 Å². The third-order valence-electron chi connectivity index (χ3n) is 3.30. The lowest BCUT2D eigenvalue weighted by atomic mass is 9.85. The van der Waals surface area contributed by atoms with E-state index in [4.69, 9.17) is 0 Å². The molecule has 1 N–H and O–H groups in total. The Labute approximate surface area is 113 Å². The second-order valence-electron chi connectivity index (χ2n) is 5.32. The molecule has 0 radical (unpaired) electrons. The van der Waals surface area contributed by atoms with Gasteiger partial charge in [-0.15, -0.1) is 0 Å². The summed E-state index contributed by atoms with van der Waals surface area (Å²) in [4.78, 5) is 4.37. The fourth-order valence-corrected chi connectivity index (χ4v) is 2.49.